The quantitative estimate of drug-likeness (QED) is 0.788. The number of aliphatic hydroxyl groups is 1. The molecule has 4 rings (SSSR count). The highest BCUT2D eigenvalue weighted by Crippen LogP contribution is 2.54. The van der Waals surface area contributed by atoms with Gasteiger partial charge in [0.25, 0.3) is 0 Å². The van der Waals surface area contributed by atoms with Crippen LogP contribution in [-0.2, 0) is 13.0 Å². The molecule has 1 unspecified atom stereocenters. The van der Waals surface area contributed by atoms with E-state index in [4.69, 9.17) is 11.6 Å². The summed E-state index contributed by atoms with van der Waals surface area (Å²) in [6, 6.07) is 12.3. The van der Waals surface area contributed by atoms with E-state index in [1.165, 1.54) is 0 Å². The number of benzene rings is 1. The molecular formula is C22H20ClN3O. The van der Waals surface area contributed by atoms with Crippen molar-refractivity contribution in [3.05, 3.63) is 81.4 Å². The van der Waals surface area contributed by atoms with E-state index in [2.05, 4.69) is 24.1 Å². The molecule has 1 aromatic heterocycles. The number of allylic oxidation sites excluding steroid dienone is 6. The van der Waals surface area contributed by atoms with Crippen molar-refractivity contribution in [1.29, 1.82) is 5.26 Å². The highest BCUT2D eigenvalue weighted by molar-refractivity contribution is 6.30. The summed E-state index contributed by atoms with van der Waals surface area (Å²) in [5, 5.41) is 19.9. The molecule has 0 amide bonds. The number of fused-ring (bicyclic) bond motifs is 2. The molecule has 2 aromatic rings. The van der Waals surface area contributed by atoms with Gasteiger partial charge in [0.15, 0.2) is 5.15 Å². The van der Waals surface area contributed by atoms with Crippen molar-refractivity contribution in [2.24, 2.45) is 0 Å². The average Bonchev–Trinajstić information content (AvgIpc) is 3.02. The van der Waals surface area contributed by atoms with Crippen LogP contribution in [0.25, 0.3) is 5.57 Å². The normalized spacial score (nSPS) is 17.9. The molecule has 0 aliphatic heterocycles. The standard InChI is InChI=1S/C22H20ClN3O/c1-2-3-9-19-25-22(23)18(13-27)26(19)21-16-11-10-15(20(21)17(16)12-24)14-7-5-4-6-8-14/h4-8,10-11,21,27H,2-3,9,13H2,1H3. The molecule has 0 saturated carbocycles. The van der Waals surface area contributed by atoms with Crippen LogP contribution in [0, 0.1) is 11.3 Å². The topological polar surface area (TPSA) is 61.8 Å². The lowest BCUT2D eigenvalue weighted by atomic mass is 9.69. The van der Waals surface area contributed by atoms with Crippen LogP contribution in [0.4, 0.5) is 0 Å². The van der Waals surface area contributed by atoms with Gasteiger partial charge in [0.1, 0.15) is 5.82 Å². The lowest BCUT2D eigenvalue weighted by Gasteiger charge is -2.40. The van der Waals surface area contributed by atoms with Crippen molar-refractivity contribution in [3.8, 4) is 6.07 Å². The van der Waals surface area contributed by atoms with Gasteiger partial charge in [-0.05, 0) is 23.1 Å². The Kier molecular flexibility index (Phi) is 4.73. The Balaban J connectivity index is 1.84. The monoisotopic (exact) mass is 377 g/mol. The third kappa shape index (κ3) is 2.75. The van der Waals surface area contributed by atoms with E-state index in [0.717, 1.165) is 52.9 Å². The Morgan fingerprint density at radius 2 is 2.04 bits per heavy atom. The van der Waals surface area contributed by atoms with Crippen LogP contribution in [0.1, 0.15) is 42.9 Å². The van der Waals surface area contributed by atoms with E-state index in [1.54, 1.807) is 0 Å². The molecule has 136 valence electrons. The SMILES string of the molecule is CCCCc1nc(Cl)c(CO)n1C1c2ccc(-c3ccccc3)c1c2C#N. The van der Waals surface area contributed by atoms with Gasteiger partial charge in [0.2, 0.25) is 0 Å². The zero-order chi connectivity index (χ0) is 19.0. The molecule has 1 heterocycles. The second-order valence-electron chi connectivity index (χ2n) is 6.77. The second kappa shape index (κ2) is 7.19. The molecule has 0 fully saturated rings. The number of nitriles is 1. The number of rotatable bonds is 6. The van der Waals surface area contributed by atoms with Crippen LogP contribution in [-0.4, -0.2) is 14.7 Å². The van der Waals surface area contributed by atoms with Crippen LogP contribution in [0.2, 0.25) is 5.15 Å². The largest absolute Gasteiger partial charge is 0.390 e. The fourth-order valence-electron chi connectivity index (χ4n) is 3.93. The van der Waals surface area contributed by atoms with E-state index >= 15 is 0 Å². The summed E-state index contributed by atoms with van der Waals surface area (Å²) >= 11 is 6.33. The summed E-state index contributed by atoms with van der Waals surface area (Å²) in [6.07, 6.45) is 6.92. The molecule has 2 aliphatic carbocycles. The van der Waals surface area contributed by atoms with E-state index < -0.39 is 0 Å². The van der Waals surface area contributed by atoms with E-state index in [-0.39, 0.29) is 12.6 Å². The first-order valence-corrected chi connectivity index (χ1v) is 9.57. The van der Waals surface area contributed by atoms with Crippen molar-refractivity contribution in [3.63, 3.8) is 0 Å². The Morgan fingerprint density at radius 1 is 1.26 bits per heavy atom. The van der Waals surface area contributed by atoms with Gasteiger partial charge < -0.3 is 9.67 Å². The summed E-state index contributed by atoms with van der Waals surface area (Å²) in [4.78, 5) is 4.51. The maximum absolute atomic E-state index is 9.92. The van der Waals surface area contributed by atoms with Gasteiger partial charge in [-0.2, -0.15) is 5.26 Å². The van der Waals surface area contributed by atoms with Crippen LogP contribution in [0.3, 0.4) is 0 Å². The molecule has 27 heavy (non-hydrogen) atoms. The van der Waals surface area contributed by atoms with Crippen molar-refractivity contribution >= 4 is 17.2 Å². The number of unbranched alkanes of at least 4 members (excludes halogenated alkanes) is 1. The van der Waals surface area contributed by atoms with Gasteiger partial charge in [0, 0.05) is 12.0 Å². The van der Waals surface area contributed by atoms with Crippen molar-refractivity contribution in [2.75, 3.05) is 0 Å². The number of hydrogen-bond acceptors (Lipinski definition) is 3. The van der Waals surface area contributed by atoms with Crippen LogP contribution >= 0.6 is 11.6 Å². The van der Waals surface area contributed by atoms with E-state index in [1.807, 2.05) is 41.0 Å². The summed E-state index contributed by atoms with van der Waals surface area (Å²) in [5.41, 5.74) is 5.41. The molecule has 2 aliphatic rings. The fourth-order valence-corrected chi connectivity index (χ4v) is 4.18. The zero-order valence-electron chi connectivity index (χ0n) is 15.1. The minimum atomic E-state index is -0.179. The minimum Gasteiger partial charge on any atom is -0.390 e. The number of nitrogens with zero attached hydrogens (tertiary/aromatic N) is 3. The summed E-state index contributed by atoms with van der Waals surface area (Å²) in [7, 11) is 0. The molecule has 4 nitrogen and oxygen atoms in total. The highest BCUT2D eigenvalue weighted by atomic mass is 35.5. The minimum absolute atomic E-state index is 0.117. The second-order valence-corrected chi connectivity index (χ2v) is 7.13. The predicted octanol–water partition coefficient (Wildman–Crippen LogP) is 4.77. The maximum atomic E-state index is 9.92. The third-order valence-corrected chi connectivity index (χ3v) is 5.54. The lowest BCUT2D eigenvalue weighted by Crippen LogP contribution is -2.31. The lowest BCUT2D eigenvalue weighted by molar-refractivity contribution is 0.268. The molecule has 2 bridgehead atoms. The Bertz CT molecular complexity index is 1020. The Hall–Kier alpha value is -2.61. The number of aliphatic hydroxyl groups excluding tert-OH is 1. The Labute approximate surface area is 163 Å². The molecule has 1 aromatic carbocycles. The zero-order valence-corrected chi connectivity index (χ0v) is 15.9. The van der Waals surface area contributed by atoms with Crippen LogP contribution < -0.4 is 0 Å². The molecule has 0 saturated heterocycles. The number of halogens is 1. The molecule has 5 heteroatoms. The number of aryl methyl sites for hydroxylation is 1. The number of hydrogen-bond donors (Lipinski definition) is 1. The summed E-state index contributed by atoms with van der Waals surface area (Å²) in [6.45, 7) is 1.95. The average molecular weight is 378 g/mol. The first kappa shape index (κ1) is 17.8. The van der Waals surface area contributed by atoms with Gasteiger partial charge in [-0.25, -0.2) is 4.98 Å². The first-order chi connectivity index (χ1) is 13.2. The van der Waals surface area contributed by atoms with Gasteiger partial charge >= 0.3 is 0 Å². The van der Waals surface area contributed by atoms with Crippen molar-refractivity contribution in [2.45, 2.75) is 38.8 Å². The smallest absolute Gasteiger partial charge is 0.153 e. The summed E-state index contributed by atoms with van der Waals surface area (Å²) < 4.78 is 2.04. The third-order valence-electron chi connectivity index (χ3n) is 5.24. The molecule has 0 spiro atoms. The molecule has 0 radical (unpaired) electrons. The van der Waals surface area contributed by atoms with Gasteiger partial charge in [-0.15, -0.1) is 0 Å². The van der Waals surface area contributed by atoms with E-state index in [9.17, 15) is 10.4 Å². The molecule has 1 N–H and O–H groups in total. The molecule has 1 atom stereocenters. The van der Waals surface area contributed by atoms with Crippen LogP contribution in [0.15, 0.2) is 59.2 Å². The predicted molar refractivity (Wildman–Crippen MR) is 106 cm³/mol. The van der Waals surface area contributed by atoms with Crippen LogP contribution in [0.5, 0.6) is 0 Å². The number of imidazole rings is 1. The first-order valence-electron chi connectivity index (χ1n) is 9.19. The Morgan fingerprint density at radius 3 is 2.70 bits per heavy atom. The summed E-state index contributed by atoms with van der Waals surface area (Å²) in [5.74, 6) is 0.866. The van der Waals surface area contributed by atoms with Crippen molar-refractivity contribution in [1.82, 2.24) is 9.55 Å². The van der Waals surface area contributed by atoms with Gasteiger partial charge in [-0.3, -0.25) is 0 Å². The van der Waals surface area contributed by atoms with Gasteiger partial charge in [0.05, 0.1) is 30.0 Å². The van der Waals surface area contributed by atoms with E-state index in [0.29, 0.717) is 10.8 Å². The number of aromatic nitrogens is 2. The van der Waals surface area contributed by atoms with Crippen molar-refractivity contribution < 1.29 is 5.11 Å². The van der Waals surface area contributed by atoms with Gasteiger partial charge in [-0.1, -0.05) is 67.4 Å². The highest BCUT2D eigenvalue weighted by Gasteiger charge is 2.42. The fraction of sp³-hybridized carbons (Fsp3) is 0.273. The maximum Gasteiger partial charge on any atom is 0.153 e. The molecular weight excluding hydrogens is 358 g/mol.